The molecule has 123 heavy (non-hydrogen) atoms. The molecule has 0 unspecified atom stereocenters. The molecule has 612 valence electrons. The fourth-order valence-electron chi connectivity index (χ4n) is 11.1. The number of nitrogen functional groups attached to an aromatic ring is 2. The summed E-state index contributed by atoms with van der Waals surface area (Å²) in [5, 5.41) is 111. The van der Waals surface area contributed by atoms with Gasteiger partial charge in [0, 0.05) is 50.1 Å². The number of nitrogens with zero attached hydrogens (tertiary/aromatic N) is 10. The second kappa shape index (κ2) is 42.0. The predicted octanol–water partition coefficient (Wildman–Crippen LogP) is -0.382. The molecule has 12 rings (SSSR count). The average Bonchev–Trinajstić information content (AvgIpc) is 0.756. The van der Waals surface area contributed by atoms with Gasteiger partial charge in [-0.2, -0.15) is 10.2 Å². The molecule has 0 aromatic heterocycles. The van der Waals surface area contributed by atoms with Gasteiger partial charge in [0.25, 0.3) is 5.69 Å². The molecule has 0 aliphatic heterocycles. The number of aromatic carboxylic acids is 2. The third kappa shape index (κ3) is 24.5. The van der Waals surface area contributed by atoms with Gasteiger partial charge in [0.2, 0.25) is 0 Å². The van der Waals surface area contributed by atoms with Gasteiger partial charge in [-0.25, -0.2) is 60.1 Å². The van der Waals surface area contributed by atoms with Gasteiger partial charge in [-0.15, -0.1) is 30.7 Å². The van der Waals surface area contributed by atoms with Crippen LogP contribution in [-0.2, 0) is 60.7 Å². The number of hydrogen-bond donors (Lipinski definition) is 7. The molecule has 53 heteroatoms. The Morgan fingerprint density at radius 3 is 1.20 bits per heavy atom. The fraction of sp³-hybridized carbons (Fsp3) is 0.0571. The standard InChI is InChI=1S/C34H28N8O17S4.C18H13ClN2O6S.C18H14N2O6S.Ca.4Na/c1-58-25-11-17(3-5-23(25)37-39-31-27(62(52,53)54)9-15-7-19(60(46,47)48)13-21(35)29(15)33(31)43)41-42(45)18-4-6-24(26(12-18)59-2)38-40-32-28(63(55,56)57)10-16-8-20(61(49,50)51)14-22(36)30(16)34(32)44;1-9-6-15(28(25,26)27)14(8-13(9)19)20-21-16-11-5-3-2-4-10(11)7-12(17(16)22)18(23)24;1-10-6-7-14(15(8-10)27(24,25)26)19-20-16-12-5-3-2-4-11(12)9-13(17(16)21)18(22)23;;;;;/h3-14,45H,1-2H3,(H9,35,36,38,43,44,46,47,48,49,50,51,52,53,54,55,56,57);2-8,22H,1H3,(H,23,24)(H,25,26,27);2-9,21H,1H3,(H,22,23)(H,24,25,26);;;;;/q;;;+2;4*+1/p-7. The third-order valence-electron chi connectivity index (χ3n) is 16.5. The summed E-state index contributed by atoms with van der Waals surface area (Å²) in [6.07, 6.45) is 0. The van der Waals surface area contributed by atoms with Crippen LogP contribution in [0.3, 0.4) is 0 Å². The second-order valence-corrected chi connectivity index (χ2v) is 32.8. The van der Waals surface area contributed by atoms with Crippen molar-refractivity contribution in [3.8, 4) is 34.5 Å². The molecule has 0 atom stereocenters. The Hall–Kier alpha value is -8.17. The summed E-state index contributed by atoms with van der Waals surface area (Å²) in [7, 11) is -28.4. The summed E-state index contributed by atoms with van der Waals surface area (Å²) in [5.74, 6) is -6.82. The van der Waals surface area contributed by atoms with Gasteiger partial charge in [-0.1, -0.05) is 77.7 Å². The number of carbonyl (C=O) groups is 2. The first kappa shape index (κ1) is 105. The normalized spacial score (nSPS) is 12.0. The molecule has 41 nitrogen and oxygen atoms in total. The van der Waals surface area contributed by atoms with Gasteiger partial charge in [0.15, 0.2) is 17.2 Å². The molecule has 12 aromatic rings. The molecule has 9 N–H and O–H groups in total. The molecule has 0 fully saturated rings. The van der Waals surface area contributed by atoms with Crippen molar-refractivity contribution in [1.82, 2.24) is 0 Å². The van der Waals surface area contributed by atoms with Gasteiger partial charge in [0.05, 0.1) is 77.3 Å². The zero-order valence-corrected chi connectivity index (χ0v) is 80.1. The van der Waals surface area contributed by atoms with E-state index in [1.54, 1.807) is 55.5 Å². The van der Waals surface area contributed by atoms with Crippen LogP contribution < -0.4 is 149 Å². The molecule has 0 aliphatic rings. The van der Waals surface area contributed by atoms with E-state index in [1.165, 1.54) is 81.8 Å². The molecule has 0 aliphatic carbocycles. The van der Waals surface area contributed by atoms with E-state index >= 15 is 0 Å². The molecule has 0 saturated heterocycles. The van der Waals surface area contributed by atoms with Crippen molar-refractivity contribution >= 4 is 233 Å². The zero-order valence-electron chi connectivity index (χ0n) is 64.3. The minimum atomic E-state index is -5.43. The Kier molecular flexibility index (Phi) is 35.9. The smallest absolute Gasteiger partial charge is 0.870 e. The molecule has 12 aromatic carbocycles. The molecule has 0 bridgehead atoms. The number of aryl methyl sites for hydroxylation is 2. The molecule has 0 saturated carbocycles. The predicted molar refractivity (Wildman–Crippen MR) is 408 cm³/mol. The number of rotatable bonds is 20. The maximum absolute atomic E-state index is 12.5. The number of benzene rings is 12. The summed E-state index contributed by atoms with van der Waals surface area (Å²) in [6, 6.07) is 33.0. The SMILES string of the molecule is COc1cc(N=[N+](O)c2ccc(N=Nc3c(S(=O)(=O)[O-])cc4cc(S(=O)(=O)[O-])cc(N)c4c3O)c(OC)c2)ccc1N=Nc1c(S(=O)(=O)[O-])cc2cc(S(=O)(=O)[O-])cc(N)c2c1O.Cc1cc(S(=O)(=O)[O-])c(N=Nc2c([O-])c(C(=O)O)cc3ccccc23)cc1Cl.Cc1ccc(N=Nc2c([O-])c(C(=O)O)cc3ccccc23)c(S(=O)(=O)[O-])c1.[Ca+2].[Na+].[Na+].[Na+].[Na+]. The number of phenols is 2. The van der Waals surface area contributed by atoms with E-state index in [0.717, 1.165) is 24.3 Å². The maximum atomic E-state index is 12.5. The zero-order chi connectivity index (χ0) is 87.0. The number of ether oxygens (including phenoxy) is 2. The second-order valence-electron chi connectivity index (χ2n) is 24.3. The largest absolute Gasteiger partial charge is 2.00 e. The van der Waals surface area contributed by atoms with Crippen molar-refractivity contribution in [1.29, 1.82) is 0 Å². The summed E-state index contributed by atoms with van der Waals surface area (Å²) < 4.78 is 222. The first-order chi connectivity index (χ1) is 55.0. The summed E-state index contributed by atoms with van der Waals surface area (Å²) in [6.45, 7) is 3.12. The quantitative estimate of drug-likeness (QED) is 0.0128. The van der Waals surface area contributed by atoms with E-state index < -0.39 is 159 Å². The number of halogens is 1. The number of nitrogens with two attached hydrogens (primary N) is 2. The minimum Gasteiger partial charge on any atom is -0.870 e. The van der Waals surface area contributed by atoms with Crippen LogP contribution >= 0.6 is 11.6 Å². The van der Waals surface area contributed by atoms with E-state index in [-0.39, 0.29) is 240 Å². The molecule has 0 heterocycles. The van der Waals surface area contributed by atoms with E-state index in [2.05, 4.69) is 46.0 Å². The van der Waals surface area contributed by atoms with Crippen molar-refractivity contribution in [2.75, 3.05) is 25.7 Å². The first-order valence-electron chi connectivity index (χ1n) is 32.0. The summed E-state index contributed by atoms with van der Waals surface area (Å²) >= 11 is 5.97. The van der Waals surface area contributed by atoms with Crippen molar-refractivity contribution < 1.29 is 256 Å². The van der Waals surface area contributed by atoms with E-state index in [1.807, 2.05) is 0 Å². The van der Waals surface area contributed by atoms with E-state index in [4.69, 9.17) is 32.5 Å². The van der Waals surface area contributed by atoms with E-state index in [9.17, 15) is 123 Å². The van der Waals surface area contributed by atoms with Crippen LogP contribution in [0.1, 0.15) is 31.8 Å². The van der Waals surface area contributed by atoms with Crippen LogP contribution in [-0.4, -0.2) is 172 Å². The number of carboxylic acids is 2. The number of azo groups is 5. The Labute approximate surface area is 819 Å². The van der Waals surface area contributed by atoms with Gasteiger partial charge in [-0.05, 0) is 138 Å². The number of hydrogen-bond acceptors (Lipinski definition) is 37. The fourth-order valence-corrected chi connectivity index (χ4v) is 15.0. The van der Waals surface area contributed by atoms with Crippen LogP contribution in [0.5, 0.6) is 34.5 Å². The Bertz CT molecular complexity index is 7220. The van der Waals surface area contributed by atoms with E-state index in [0.29, 0.717) is 67.9 Å². The monoisotopic (exact) mass is 1880 g/mol. The van der Waals surface area contributed by atoms with Crippen LogP contribution in [0.15, 0.2) is 239 Å². The Balaban J connectivity index is 0.000000371. The summed E-state index contributed by atoms with van der Waals surface area (Å²) in [5.41, 5.74) is 7.34. The molecular weight excluding hydrogens is 1830 g/mol. The van der Waals surface area contributed by atoms with Gasteiger partial charge in [0.1, 0.15) is 111 Å². The average molecular weight is 1880 g/mol. The number of methoxy groups -OCH3 is 2. The number of fused-ring (bicyclic) bond motifs is 4. The van der Waals surface area contributed by atoms with Crippen LogP contribution in [0.25, 0.3) is 43.1 Å². The number of phenolic OH excluding ortho intramolecular Hbond substituents is 2. The van der Waals surface area contributed by atoms with Gasteiger partial charge in [-0.3, -0.25) is 5.21 Å². The Morgan fingerprint density at radius 2 is 0.797 bits per heavy atom. The number of aromatic hydroxyl groups is 2. The summed E-state index contributed by atoms with van der Waals surface area (Å²) in [4.78, 5) is 17.8. The number of anilines is 2. The van der Waals surface area contributed by atoms with Crippen molar-refractivity contribution in [2.24, 2.45) is 46.0 Å². The van der Waals surface area contributed by atoms with Gasteiger partial charge >= 0.3 is 168 Å². The molecular formula is C70H48CaClN12Na4O29S6-. The maximum Gasteiger partial charge on any atom is 2.00 e. The van der Waals surface area contributed by atoms with Crippen LogP contribution in [0, 0.1) is 13.8 Å². The minimum absolute atomic E-state index is 0. The molecule has 0 amide bonds. The van der Waals surface area contributed by atoms with Crippen LogP contribution in [0.2, 0.25) is 5.02 Å². The third-order valence-corrected chi connectivity index (χ3v) is 22.0. The van der Waals surface area contributed by atoms with Crippen molar-refractivity contribution in [3.63, 3.8) is 0 Å². The van der Waals surface area contributed by atoms with Crippen molar-refractivity contribution in [3.05, 3.63) is 191 Å². The van der Waals surface area contributed by atoms with Crippen molar-refractivity contribution in [2.45, 2.75) is 43.2 Å². The topological polar surface area (TPSA) is 709 Å². The Morgan fingerprint density at radius 1 is 0.423 bits per heavy atom. The van der Waals surface area contributed by atoms with Gasteiger partial charge < -0.3 is 78.9 Å². The molecule has 0 radical (unpaired) electrons. The first-order valence-corrected chi connectivity index (χ1v) is 40.8. The van der Waals surface area contributed by atoms with Crippen LogP contribution in [0.4, 0.5) is 68.2 Å². The molecule has 0 spiro atoms. The number of carboxylic acid groups (broad SMARTS) is 2.